The monoisotopic (exact) mass is 462 g/mol. The number of nitrogens with zero attached hydrogens (tertiary/aromatic N) is 2. The van der Waals surface area contributed by atoms with Crippen LogP contribution in [0.1, 0.15) is 70.8 Å². The van der Waals surface area contributed by atoms with E-state index in [1.54, 1.807) is 0 Å². The van der Waals surface area contributed by atoms with Crippen molar-refractivity contribution in [1.82, 2.24) is 4.90 Å². The molecule has 1 aromatic carbocycles. The van der Waals surface area contributed by atoms with E-state index in [1.807, 2.05) is 6.08 Å². The summed E-state index contributed by atoms with van der Waals surface area (Å²) in [5.41, 5.74) is 2.20. The number of carboxylic acids is 1. The van der Waals surface area contributed by atoms with Crippen LogP contribution >= 0.6 is 24.0 Å². The molecule has 1 fully saturated rings. The van der Waals surface area contributed by atoms with Gasteiger partial charge >= 0.3 is 5.97 Å². The van der Waals surface area contributed by atoms with Gasteiger partial charge in [-0.15, -0.1) is 0 Å². The van der Waals surface area contributed by atoms with Crippen molar-refractivity contribution in [3.63, 3.8) is 0 Å². The fraction of sp³-hybridized carbons (Fsp3) is 0.542. The van der Waals surface area contributed by atoms with Crippen LogP contribution in [0.25, 0.3) is 6.08 Å². The van der Waals surface area contributed by atoms with Crippen LogP contribution in [0.15, 0.2) is 29.2 Å². The Morgan fingerprint density at radius 2 is 1.68 bits per heavy atom. The number of carbonyl (C=O) groups is 2. The summed E-state index contributed by atoms with van der Waals surface area (Å²) < 4.78 is 0.497. The van der Waals surface area contributed by atoms with Crippen molar-refractivity contribution in [1.29, 1.82) is 0 Å². The number of unbranched alkanes of at least 4 members (excludes halogenated alkanes) is 4. The molecule has 1 aliphatic rings. The lowest BCUT2D eigenvalue weighted by molar-refractivity contribution is -0.137. The first-order chi connectivity index (χ1) is 15.0. The minimum absolute atomic E-state index is 0.0323. The van der Waals surface area contributed by atoms with E-state index >= 15 is 0 Å². The van der Waals surface area contributed by atoms with Gasteiger partial charge in [-0.2, -0.15) is 0 Å². The molecule has 0 unspecified atom stereocenters. The Labute approximate surface area is 195 Å². The first kappa shape index (κ1) is 25.4. The van der Waals surface area contributed by atoms with E-state index in [0.29, 0.717) is 22.2 Å². The van der Waals surface area contributed by atoms with Crippen molar-refractivity contribution < 1.29 is 14.7 Å². The highest BCUT2D eigenvalue weighted by molar-refractivity contribution is 8.26. The molecule has 0 saturated carbocycles. The van der Waals surface area contributed by atoms with Crippen LogP contribution in [0.4, 0.5) is 5.69 Å². The molecule has 1 amide bonds. The molecule has 0 aromatic heterocycles. The highest BCUT2D eigenvalue weighted by Gasteiger charge is 2.31. The number of anilines is 1. The average Bonchev–Trinajstić information content (AvgIpc) is 3.00. The maximum absolute atomic E-state index is 12.7. The molecule has 5 nitrogen and oxygen atoms in total. The Kier molecular flexibility index (Phi) is 11.1. The number of thiocarbonyl (C=S) groups is 1. The third kappa shape index (κ3) is 8.30. The van der Waals surface area contributed by atoms with E-state index in [2.05, 4.69) is 43.0 Å². The van der Waals surface area contributed by atoms with Crippen molar-refractivity contribution in [2.24, 2.45) is 0 Å². The maximum atomic E-state index is 12.7. The molecule has 7 heteroatoms. The molecule has 0 radical (unpaired) electrons. The SMILES string of the molecule is CCCCCN(CCCCC)c1ccc(/C=C2\SC(=S)N(CCCC(=O)O)C2=O)cc1. The van der Waals surface area contributed by atoms with E-state index in [1.165, 1.54) is 60.9 Å². The van der Waals surface area contributed by atoms with E-state index in [4.69, 9.17) is 17.3 Å². The molecule has 31 heavy (non-hydrogen) atoms. The summed E-state index contributed by atoms with van der Waals surface area (Å²) >= 11 is 6.60. The van der Waals surface area contributed by atoms with Crippen molar-refractivity contribution >= 4 is 51.9 Å². The number of thioether (sulfide) groups is 1. The highest BCUT2D eigenvalue weighted by atomic mass is 32.2. The van der Waals surface area contributed by atoms with Gasteiger partial charge in [0.05, 0.1) is 4.91 Å². The van der Waals surface area contributed by atoms with Gasteiger partial charge in [0.1, 0.15) is 4.32 Å². The summed E-state index contributed by atoms with van der Waals surface area (Å²) in [5, 5.41) is 8.79. The van der Waals surface area contributed by atoms with Gasteiger partial charge in [0.25, 0.3) is 5.91 Å². The van der Waals surface area contributed by atoms with Gasteiger partial charge in [-0.25, -0.2) is 0 Å². The average molecular weight is 463 g/mol. The number of carbonyl (C=O) groups excluding carboxylic acids is 1. The highest BCUT2D eigenvalue weighted by Crippen LogP contribution is 2.33. The zero-order chi connectivity index (χ0) is 22.6. The topological polar surface area (TPSA) is 60.9 Å². The first-order valence-electron chi connectivity index (χ1n) is 11.3. The number of rotatable bonds is 14. The Morgan fingerprint density at radius 1 is 1.06 bits per heavy atom. The summed E-state index contributed by atoms with van der Waals surface area (Å²) in [4.78, 5) is 27.9. The van der Waals surface area contributed by atoms with E-state index in [9.17, 15) is 9.59 Å². The molecular formula is C24H34N2O3S2. The number of amides is 1. The fourth-order valence-corrected chi connectivity index (χ4v) is 4.80. The molecule has 1 aromatic rings. The van der Waals surface area contributed by atoms with Crippen LogP contribution < -0.4 is 4.90 Å². The zero-order valence-corrected chi connectivity index (χ0v) is 20.3. The van der Waals surface area contributed by atoms with Gasteiger partial charge in [0.2, 0.25) is 0 Å². The van der Waals surface area contributed by atoms with Crippen molar-refractivity contribution in [2.45, 2.75) is 65.2 Å². The molecule has 1 heterocycles. The molecular weight excluding hydrogens is 428 g/mol. The maximum Gasteiger partial charge on any atom is 0.303 e. The Hall–Kier alpha value is -1.86. The predicted molar refractivity (Wildman–Crippen MR) is 134 cm³/mol. The number of carboxylic acid groups (broad SMARTS) is 1. The number of aliphatic carboxylic acids is 1. The minimum atomic E-state index is -0.862. The van der Waals surface area contributed by atoms with Crippen LogP contribution in [-0.2, 0) is 9.59 Å². The van der Waals surface area contributed by atoms with Crippen molar-refractivity contribution in [3.05, 3.63) is 34.7 Å². The second-order valence-corrected chi connectivity index (χ2v) is 9.50. The molecule has 0 bridgehead atoms. The van der Waals surface area contributed by atoms with Crippen LogP contribution in [-0.4, -0.2) is 45.8 Å². The van der Waals surface area contributed by atoms with Gasteiger partial charge in [0, 0.05) is 31.7 Å². The third-order valence-corrected chi connectivity index (χ3v) is 6.64. The molecule has 0 spiro atoms. The smallest absolute Gasteiger partial charge is 0.303 e. The molecule has 2 rings (SSSR count). The lowest BCUT2D eigenvalue weighted by atomic mass is 10.1. The molecule has 1 N–H and O–H groups in total. The Morgan fingerprint density at radius 3 is 2.23 bits per heavy atom. The zero-order valence-electron chi connectivity index (χ0n) is 18.6. The first-order valence-corrected chi connectivity index (χ1v) is 12.5. The van der Waals surface area contributed by atoms with Crippen LogP contribution in [0.3, 0.4) is 0 Å². The van der Waals surface area contributed by atoms with Gasteiger partial charge in [-0.05, 0) is 43.0 Å². The van der Waals surface area contributed by atoms with Gasteiger partial charge in [0.15, 0.2) is 0 Å². The lowest BCUT2D eigenvalue weighted by Crippen LogP contribution is -2.29. The normalized spacial score (nSPS) is 15.2. The second-order valence-electron chi connectivity index (χ2n) is 7.82. The van der Waals surface area contributed by atoms with Crippen LogP contribution in [0, 0.1) is 0 Å². The quantitative estimate of drug-likeness (QED) is 0.210. The minimum Gasteiger partial charge on any atom is -0.481 e. The van der Waals surface area contributed by atoms with Gasteiger partial charge < -0.3 is 10.0 Å². The standard InChI is InChI=1S/C24H34N2O3S2/c1-3-5-7-15-25(16-8-6-4-2)20-13-11-19(12-14-20)18-21-23(29)26(24(30)31-21)17-9-10-22(27)28/h11-14,18H,3-10,15-17H2,1-2H3,(H,27,28)/b21-18-. The van der Waals surface area contributed by atoms with Crippen molar-refractivity contribution in [3.8, 4) is 0 Å². The van der Waals surface area contributed by atoms with E-state index in [-0.39, 0.29) is 12.3 Å². The largest absolute Gasteiger partial charge is 0.481 e. The molecule has 0 aliphatic carbocycles. The Bertz CT molecular complexity index is 768. The number of benzene rings is 1. The Balaban J connectivity index is 2.03. The third-order valence-electron chi connectivity index (χ3n) is 5.27. The number of hydrogen-bond donors (Lipinski definition) is 1. The van der Waals surface area contributed by atoms with Crippen LogP contribution in [0.5, 0.6) is 0 Å². The summed E-state index contributed by atoms with van der Waals surface area (Å²) in [6.07, 6.45) is 9.64. The van der Waals surface area contributed by atoms with E-state index in [0.717, 1.165) is 18.7 Å². The van der Waals surface area contributed by atoms with Crippen molar-refractivity contribution in [2.75, 3.05) is 24.5 Å². The summed E-state index contributed by atoms with van der Waals surface area (Å²) in [6.45, 7) is 6.95. The lowest BCUT2D eigenvalue weighted by Gasteiger charge is -2.25. The molecule has 1 aliphatic heterocycles. The van der Waals surface area contributed by atoms with Crippen LogP contribution in [0.2, 0.25) is 0 Å². The summed E-state index contributed by atoms with van der Waals surface area (Å²) in [7, 11) is 0. The fourth-order valence-electron chi connectivity index (χ4n) is 3.49. The van der Waals surface area contributed by atoms with E-state index < -0.39 is 5.97 Å². The molecule has 170 valence electrons. The molecule has 1 saturated heterocycles. The predicted octanol–water partition coefficient (Wildman–Crippen LogP) is 5.94. The second kappa shape index (κ2) is 13.5. The summed E-state index contributed by atoms with van der Waals surface area (Å²) in [6, 6.07) is 8.38. The van der Waals surface area contributed by atoms with Gasteiger partial charge in [-0.3, -0.25) is 14.5 Å². The number of hydrogen-bond acceptors (Lipinski definition) is 5. The molecule has 0 atom stereocenters. The van der Waals surface area contributed by atoms with Gasteiger partial charge in [-0.1, -0.05) is 75.6 Å². The summed E-state index contributed by atoms with van der Waals surface area (Å²) in [5.74, 6) is -0.996.